The lowest BCUT2D eigenvalue weighted by Crippen LogP contribution is -2.32. The van der Waals surface area contributed by atoms with Crippen LogP contribution in [0.1, 0.15) is 29.8 Å². The Labute approximate surface area is 162 Å². The van der Waals surface area contributed by atoms with Crippen LogP contribution in [0.3, 0.4) is 0 Å². The second kappa shape index (κ2) is 7.50. The largest absolute Gasteiger partial charge is 0.308 e. The van der Waals surface area contributed by atoms with Crippen molar-refractivity contribution in [3.05, 3.63) is 58.1 Å². The van der Waals surface area contributed by atoms with E-state index in [1.807, 2.05) is 24.3 Å². The topological polar surface area (TPSA) is 57.7 Å². The van der Waals surface area contributed by atoms with Crippen LogP contribution in [0.4, 0.5) is 5.69 Å². The molecule has 0 N–H and O–H groups in total. The van der Waals surface area contributed by atoms with Crippen LogP contribution in [0.25, 0.3) is 0 Å². The molecule has 2 aromatic rings. The van der Waals surface area contributed by atoms with E-state index in [0.717, 1.165) is 17.7 Å². The number of carbonyl (C=O) groups is 1. The van der Waals surface area contributed by atoms with Gasteiger partial charge in [-0.15, -0.1) is 0 Å². The van der Waals surface area contributed by atoms with Gasteiger partial charge in [0.15, 0.2) is 0 Å². The lowest BCUT2D eigenvalue weighted by molar-refractivity contribution is 0.0988. The van der Waals surface area contributed by atoms with Crippen LogP contribution in [-0.4, -0.2) is 38.3 Å². The average molecular weight is 437 g/mol. The van der Waals surface area contributed by atoms with Gasteiger partial charge in [-0.1, -0.05) is 32.0 Å². The van der Waals surface area contributed by atoms with E-state index in [-0.39, 0.29) is 10.8 Å². The van der Waals surface area contributed by atoms with Crippen LogP contribution in [0.15, 0.2) is 51.8 Å². The summed E-state index contributed by atoms with van der Waals surface area (Å²) in [5, 5.41) is 0. The summed E-state index contributed by atoms with van der Waals surface area (Å²) in [6, 6.07) is 12.4. The molecule has 0 spiro atoms. The van der Waals surface area contributed by atoms with Crippen molar-refractivity contribution in [1.82, 2.24) is 4.31 Å². The lowest BCUT2D eigenvalue weighted by Gasteiger charge is -2.21. The molecule has 26 heavy (non-hydrogen) atoms. The van der Waals surface area contributed by atoms with E-state index in [2.05, 4.69) is 15.9 Å². The van der Waals surface area contributed by atoms with E-state index in [0.29, 0.717) is 29.7 Å². The Kier molecular flexibility index (Phi) is 5.50. The average Bonchev–Trinajstić information content (AvgIpc) is 3.06. The van der Waals surface area contributed by atoms with Crippen LogP contribution in [0, 0.1) is 0 Å². The van der Waals surface area contributed by atoms with E-state index in [1.165, 1.54) is 16.4 Å². The summed E-state index contributed by atoms with van der Waals surface area (Å²) < 4.78 is 27.5. The predicted molar refractivity (Wildman–Crippen MR) is 106 cm³/mol. The number of fused-ring (bicyclic) bond motifs is 1. The maximum absolute atomic E-state index is 13.1. The van der Waals surface area contributed by atoms with Crippen molar-refractivity contribution in [3.63, 3.8) is 0 Å². The third-order valence-electron chi connectivity index (χ3n) is 4.64. The van der Waals surface area contributed by atoms with Gasteiger partial charge in [0, 0.05) is 29.8 Å². The fourth-order valence-electron chi connectivity index (χ4n) is 3.24. The number of hydrogen-bond donors (Lipinski definition) is 0. The molecule has 0 atom stereocenters. The van der Waals surface area contributed by atoms with Gasteiger partial charge in [0.25, 0.3) is 5.91 Å². The minimum atomic E-state index is -3.62. The molecule has 7 heteroatoms. The maximum atomic E-state index is 13.1. The van der Waals surface area contributed by atoms with Gasteiger partial charge in [-0.25, -0.2) is 8.42 Å². The molecule has 0 bridgehead atoms. The molecule has 1 aliphatic rings. The highest BCUT2D eigenvalue weighted by molar-refractivity contribution is 9.10. The first-order chi connectivity index (χ1) is 12.4. The minimum absolute atomic E-state index is 0.139. The van der Waals surface area contributed by atoms with Gasteiger partial charge in [0.1, 0.15) is 0 Å². The molecule has 1 aliphatic heterocycles. The Bertz CT molecular complexity index is 940. The Hall–Kier alpha value is -1.70. The first-order valence-corrected chi connectivity index (χ1v) is 10.8. The fraction of sp³-hybridized carbons (Fsp3) is 0.316. The second-order valence-corrected chi connectivity index (χ2v) is 8.86. The molecular formula is C19H21BrN2O3S. The third-order valence-corrected chi connectivity index (χ3v) is 7.38. The van der Waals surface area contributed by atoms with Crippen molar-refractivity contribution < 1.29 is 13.2 Å². The van der Waals surface area contributed by atoms with Gasteiger partial charge in [0.05, 0.1) is 10.5 Å². The van der Waals surface area contributed by atoms with Crippen molar-refractivity contribution >= 4 is 37.5 Å². The summed E-state index contributed by atoms with van der Waals surface area (Å²) in [5.41, 5.74) is 2.38. The molecule has 0 fully saturated rings. The zero-order chi connectivity index (χ0) is 18.9. The molecule has 2 aromatic carbocycles. The first kappa shape index (κ1) is 19.1. The SMILES string of the molecule is CCN(CC)S(=O)(=O)c1ccc(Br)c(C(=O)N2CCc3ccccc32)c1. The van der Waals surface area contributed by atoms with E-state index >= 15 is 0 Å². The highest BCUT2D eigenvalue weighted by atomic mass is 79.9. The number of anilines is 1. The number of nitrogens with zero attached hydrogens (tertiary/aromatic N) is 2. The molecular weight excluding hydrogens is 416 g/mol. The van der Waals surface area contributed by atoms with E-state index in [9.17, 15) is 13.2 Å². The van der Waals surface area contributed by atoms with Crippen LogP contribution >= 0.6 is 15.9 Å². The zero-order valence-corrected chi connectivity index (χ0v) is 17.2. The summed E-state index contributed by atoms with van der Waals surface area (Å²) in [5.74, 6) is -0.196. The standard InChI is InChI=1S/C19H21BrN2O3S/c1-3-21(4-2)26(24,25)15-9-10-17(20)16(13-15)19(23)22-12-11-14-7-5-6-8-18(14)22/h5-10,13H,3-4,11-12H2,1-2H3. The molecule has 5 nitrogen and oxygen atoms in total. The summed E-state index contributed by atoms with van der Waals surface area (Å²) >= 11 is 3.40. The van der Waals surface area contributed by atoms with Crippen LogP contribution in [0.2, 0.25) is 0 Å². The molecule has 1 amide bonds. The Morgan fingerprint density at radius 3 is 2.54 bits per heavy atom. The number of rotatable bonds is 5. The van der Waals surface area contributed by atoms with Gasteiger partial charge in [0.2, 0.25) is 10.0 Å². The van der Waals surface area contributed by atoms with Crippen molar-refractivity contribution in [2.75, 3.05) is 24.5 Å². The van der Waals surface area contributed by atoms with E-state index < -0.39 is 10.0 Å². The highest BCUT2D eigenvalue weighted by Gasteiger charge is 2.28. The number of sulfonamides is 1. The normalized spacial score (nSPS) is 13.9. The van der Waals surface area contributed by atoms with Crippen LogP contribution in [0.5, 0.6) is 0 Å². The first-order valence-electron chi connectivity index (χ1n) is 8.59. The molecule has 0 saturated carbocycles. The van der Waals surface area contributed by atoms with Gasteiger partial charge in [-0.2, -0.15) is 4.31 Å². The predicted octanol–water partition coefficient (Wildman–Crippen LogP) is 3.68. The smallest absolute Gasteiger partial charge is 0.259 e. The highest BCUT2D eigenvalue weighted by Crippen LogP contribution is 2.31. The fourth-order valence-corrected chi connectivity index (χ4v) is 5.14. The molecule has 3 rings (SSSR count). The van der Waals surface area contributed by atoms with Gasteiger partial charge >= 0.3 is 0 Å². The molecule has 0 aromatic heterocycles. The summed E-state index contributed by atoms with van der Waals surface area (Å²) in [4.78, 5) is 15.0. The van der Waals surface area contributed by atoms with E-state index in [1.54, 1.807) is 24.8 Å². The van der Waals surface area contributed by atoms with E-state index in [4.69, 9.17) is 0 Å². The van der Waals surface area contributed by atoms with Gasteiger partial charge < -0.3 is 4.90 Å². The van der Waals surface area contributed by atoms with Crippen LogP contribution < -0.4 is 4.90 Å². The Morgan fingerprint density at radius 1 is 1.15 bits per heavy atom. The van der Waals surface area contributed by atoms with Crippen molar-refractivity contribution in [2.45, 2.75) is 25.2 Å². The number of amides is 1. The zero-order valence-electron chi connectivity index (χ0n) is 14.8. The summed E-state index contributed by atoms with van der Waals surface area (Å²) in [6.45, 7) is 4.97. The Balaban J connectivity index is 2.00. The molecule has 138 valence electrons. The molecule has 0 radical (unpaired) electrons. The minimum Gasteiger partial charge on any atom is -0.308 e. The number of para-hydroxylation sites is 1. The molecule has 0 aliphatic carbocycles. The maximum Gasteiger partial charge on any atom is 0.259 e. The second-order valence-electron chi connectivity index (χ2n) is 6.07. The molecule has 0 unspecified atom stereocenters. The number of benzene rings is 2. The quantitative estimate of drug-likeness (QED) is 0.717. The van der Waals surface area contributed by atoms with Crippen molar-refractivity contribution in [1.29, 1.82) is 0 Å². The Morgan fingerprint density at radius 2 is 1.85 bits per heavy atom. The summed E-state index contributed by atoms with van der Waals surface area (Å²) in [7, 11) is -3.62. The number of carbonyl (C=O) groups excluding carboxylic acids is 1. The van der Waals surface area contributed by atoms with Crippen molar-refractivity contribution in [2.24, 2.45) is 0 Å². The molecule has 1 heterocycles. The van der Waals surface area contributed by atoms with Gasteiger partial charge in [-0.3, -0.25) is 4.79 Å². The van der Waals surface area contributed by atoms with Crippen LogP contribution in [-0.2, 0) is 16.4 Å². The lowest BCUT2D eigenvalue weighted by atomic mass is 10.1. The summed E-state index contributed by atoms with van der Waals surface area (Å²) in [6.07, 6.45) is 0.803. The monoisotopic (exact) mass is 436 g/mol. The van der Waals surface area contributed by atoms with Crippen molar-refractivity contribution in [3.8, 4) is 0 Å². The number of hydrogen-bond acceptors (Lipinski definition) is 3. The molecule has 0 saturated heterocycles. The van der Waals surface area contributed by atoms with Gasteiger partial charge in [-0.05, 0) is 52.2 Å². The number of halogens is 1. The third kappa shape index (κ3) is 3.31.